The van der Waals surface area contributed by atoms with Crippen molar-refractivity contribution in [2.24, 2.45) is 5.73 Å². The van der Waals surface area contributed by atoms with Gasteiger partial charge >= 0.3 is 0 Å². The molecule has 0 saturated carbocycles. The van der Waals surface area contributed by atoms with Crippen LogP contribution in [0.25, 0.3) is 0 Å². The van der Waals surface area contributed by atoms with Crippen molar-refractivity contribution >= 4 is 11.8 Å². The highest BCUT2D eigenvalue weighted by atomic mass is 19.1. The van der Waals surface area contributed by atoms with Crippen LogP contribution in [0.2, 0.25) is 0 Å². The maximum atomic E-state index is 14.6. The van der Waals surface area contributed by atoms with E-state index in [4.69, 9.17) is 15.3 Å². The molecule has 2 fully saturated rings. The van der Waals surface area contributed by atoms with Crippen molar-refractivity contribution in [3.63, 3.8) is 0 Å². The quantitative estimate of drug-likeness (QED) is 0.444. The van der Waals surface area contributed by atoms with E-state index in [1.165, 1.54) is 21.9 Å². The van der Waals surface area contributed by atoms with Crippen LogP contribution in [0.3, 0.4) is 0 Å². The third-order valence-electron chi connectivity index (χ3n) is 8.78. The Morgan fingerprint density at radius 1 is 1.16 bits per heavy atom. The lowest BCUT2D eigenvalue weighted by atomic mass is 9.83. The lowest BCUT2D eigenvalue weighted by molar-refractivity contribution is -0.228. The summed E-state index contributed by atoms with van der Waals surface area (Å²) in [6.07, 6.45) is 2.35. The van der Waals surface area contributed by atoms with E-state index in [-0.39, 0.29) is 54.7 Å². The van der Waals surface area contributed by atoms with Gasteiger partial charge in [0.25, 0.3) is 11.8 Å². The van der Waals surface area contributed by atoms with E-state index in [2.05, 4.69) is 0 Å². The van der Waals surface area contributed by atoms with Crippen LogP contribution in [0.1, 0.15) is 64.2 Å². The highest BCUT2D eigenvalue weighted by Crippen LogP contribution is 2.49. The molecule has 12 heteroatoms. The standard InChI is InChI=1S/C31H31F3N4O5/c1-18-9-10-31(12-22(13-32)38(43-31)14-20-7-8-21(33)11-24(20)34)25-16-36(18)30(41)26-28(42-17-19-5-3-2-4-6-19)27(39)23(29(35)40)15-37(25)26/h2-8,11,15,18,22,25H,9-10,12-14,16-17H2,1H3,(H2,35,40)/t18-,22?,25+,31-/m0/s1. The van der Waals surface area contributed by atoms with E-state index in [9.17, 15) is 27.6 Å². The molecule has 1 spiro atoms. The zero-order chi connectivity index (χ0) is 30.5. The Bertz CT molecular complexity index is 1630. The Hall–Kier alpha value is -4.16. The Balaban J connectivity index is 1.45. The topological polar surface area (TPSA) is 107 Å². The van der Waals surface area contributed by atoms with Crippen LogP contribution in [0, 0.1) is 11.6 Å². The maximum Gasteiger partial charge on any atom is 0.274 e. The van der Waals surface area contributed by atoms with E-state index in [0.29, 0.717) is 12.8 Å². The number of primary amides is 1. The van der Waals surface area contributed by atoms with Crippen LogP contribution < -0.4 is 15.9 Å². The first-order valence-corrected chi connectivity index (χ1v) is 14.1. The summed E-state index contributed by atoms with van der Waals surface area (Å²) in [4.78, 5) is 48.0. The predicted octanol–water partition coefficient (Wildman–Crippen LogP) is 3.90. The molecule has 4 heterocycles. The number of hydrogen-bond acceptors (Lipinski definition) is 6. The average molecular weight is 597 g/mol. The van der Waals surface area contributed by atoms with Crippen molar-refractivity contribution in [3.05, 3.63) is 99.0 Å². The molecule has 0 radical (unpaired) electrons. The van der Waals surface area contributed by atoms with Crippen LogP contribution in [-0.4, -0.2) is 57.2 Å². The summed E-state index contributed by atoms with van der Waals surface area (Å²) < 4.78 is 50.1. The number of nitrogens with zero attached hydrogens (tertiary/aromatic N) is 3. The fraction of sp³-hybridized carbons (Fsp3) is 0.387. The molecule has 2 aromatic carbocycles. The minimum atomic E-state index is -1.09. The Morgan fingerprint density at radius 2 is 1.93 bits per heavy atom. The molecule has 43 heavy (non-hydrogen) atoms. The molecule has 1 unspecified atom stereocenters. The SMILES string of the molecule is C[C@H]1CC[C@]2(CC(CF)N(Cc3ccc(F)cc3F)O2)[C@H]2CN1C(=O)c1c(OCc3ccccc3)c(=O)c(C(N)=O)cn12. The van der Waals surface area contributed by atoms with Gasteiger partial charge in [0.05, 0.1) is 18.6 Å². The highest BCUT2D eigenvalue weighted by Gasteiger charge is 2.56. The number of benzene rings is 2. The number of alkyl halides is 1. The second-order valence-electron chi connectivity index (χ2n) is 11.4. The number of halogens is 3. The molecule has 2 saturated heterocycles. The van der Waals surface area contributed by atoms with E-state index in [1.807, 2.05) is 13.0 Å². The second kappa shape index (κ2) is 11.2. The van der Waals surface area contributed by atoms with Gasteiger partial charge in [-0.2, -0.15) is 5.06 Å². The molecule has 4 atom stereocenters. The second-order valence-corrected chi connectivity index (χ2v) is 11.4. The molecule has 6 rings (SSSR count). The molecule has 3 aliphatic heterocycles. The number of ether oxygens (including phenoxy) is 1. The lowest BCUT2D eigenvalue weighted by Gasteiger charge is -2.43. The summed E-state index contributed by atoms with van der Waals surface area (Å²) in [6.45, 7) is 1.06. The number of hydroxylamine groups is 2. The predicted molar refractivity (Wildman–Crippen MR) is 149 cm³/mol. The van der Waals surface area contributed by atoms with Crippen molar-refractivity contribution in [1.82, 2.24) is 14.5 Å². The van der Waals surface area contributed by atoms with Gasteiger partial charge in [-0.05, 0) is 31.4 Å². The molecule has 9 nitrogen and oxygen atoms in total. The van der Waals surface area contributed by atoms with E-state index in [0.717, 1.165) is 17.7 Å². The van der Waals surface area contributed by atoms with Crippen LogP contribution in [0.15, 0.2) is 59.5 Å². The molecular weight excluding hydrogens is 565 g/mol. The van der Waals surface area contributed by atoms with Crippen LogP contribution >= 0.6 is 0 Å². The summed E-state index contributed by atoms with van der Waals surface area (Å²) in [7, 11) is 0. The van der Waals surface area contributed by atoms with Gasteiger partial charge in [0.1, 0.15) is 36.1 Å². The molecule has 226 valence electrons. The third-order valence-corrected chi connectivity index (χ3v) is 8.78. The van der Waals surface area contributed by atoms with Gasteiger partial charge in [-0.15, -0.1) is 0 Å². The zero-order valence-electron chi connectivity index (χ0n) is 23.5. The largest absolute Gasteiger partial charge is 0.483 e. The van der Waals surface area contributed by atoms with E-state index >= 15 is 0 Å². The van der Waals surface area contributed by atoms with Crippen LogP contribution in [0.5, 0.6) is 5.75 Å². The summed E-state index contributed by atoms with van der Waals surface area (Å²) in [5.74, 6) is -3.23. The summed E-state index contributed by atoms with van der Waals surface area (Å²) in [5.41, 5.74) is 4.19. The third kappa shape index (κ3) is 5.08. The molecule has 1 aromatic heterocycles. The molecule has 0 aliphatic carbocycles. The first kappa shape index (κ1) is 28.9. The van der Waals surface area contributed by atoms with Crippen molar-refractivity contribution in [1.29, 1.82) is 0 Å². The van der Waals surface area contributed by atoms with Gasteiger partial charge in [0.2, 0.25) is 5.43 Å². The number of rotatable bonds is 7. The molecule has 3 aliphatic rings. The van der Waals surface area contributed by atoms with Crippen molar-refractivity contribution < 1.29 is 32.3 Å². The first-order chi connectivity index (χ1) is 20.6. The summed E-state index contributed by atoms with van der Waals surface area (Å²) >= 11 is 0. The van der Waals surface area contributed by atoms with Crippen molar-refractivity contribution in [3.8, 4) is 5.75 Å². The van der Waals surface area contributed by atoms with Crippen molar-refractivity contribution in [2.75, 3.05) is 13.2 Å². The Morgan fingerprint density at radius 3 is 2.63 bits per heavy atom. The monoisotopic (exact) mass is 596 g/mol. The lowest BCUT2D eigenvalue weighted by Crippen LogP contribution is -2.52. The summed E-state index contributed by atoms with van der Waals surface area (Å²) in [5, 5.41) is 1.37. The molecule has 2 bridgehead atoms. The molecule has 2 N–H and O–H groups in total. The summed E-state index contributed by atoms with van der Waals surface area (Å²) in [6, 6.07) is 10.5. The Kier molecular flexibility index (Phi) is 7.51. The fourth-order valence-electron chi connectivity index (χ4n) is 6.47. The van der Waals surface area contributed by atoms with Gasteiger partial charge in [-0.1, -0.05) is 36.4 Å². The number of carbonyl (C=O) groups is 2. The van der Waals surface area contributed by atoms with Gasteiger partial charge in [0, 0.05) is 36.8 Å². The van der Waals surface area contributed by atoms with Gasteiger partial charge in [-0.3, -0.25) is 19.2 Å². The first-order valence-electron chi connectivity index (χ1n) is 14.1. The number of hydrogen-bond donors (Lipinski definition) is 1. The highest BCUT2D eigenvalue weighted by molar-refractivity contribution is 5.99. The van der Waals surface area contributed by atoms with Crippen molar-refractivity contribution in [2.45, 2.75) is 63.1 Å². The Labute approximate surface area is 245 Å². The van der Waals surface area contributed by atoms with E-state index < -0.39 is 53.2 Å². The number of fused-ring (bicyclic) bond motifs is 5. The van der Waals surface area contributed by atoms with Gasteiger partial charge in [0.15, 0.2) is 11.4 Å². The zero-order valence-corrected chi connectivity index (χ0v) is 23.5. The molecule has 2 amide bonds. The number of nitrogens with two attached hydrogens (primary N) is 1. The minimum absolute atomic E-state index is 0.0403. The number of amides is 2. The average Bonchev–Trinajstić information content (AvgIpc) is 3.29. The number of aromatic nitrogens is 1. The van der Waals surface area contributed by atoms with Gasteiger partial charge < -0.3 is 19.9 Å². The number of pyridine rings is 1. The smallest absolute Gasteiger partial charge is 0.274 e. The molecular formula is C31H31F3N4O5. The minimum Gasteiger partial charge on any atom is -0.483 e. The fourth-order valence-corrected chi connectivity index (χ4v) is 6.47. The molecule has 3 aromatic rings. The normalized spacial score (nSPS) is 25.1. The van der Waals surface area contributed by atoms with Crippen LogP contribution in [-0.2, 0) is 18.0 Å². The van der Waals surface area contributed by atoms with Gasteiger partial charge in [-0.25, -0.2) is 13.2 Å². The van der Waals surface area contributed by atoms with E-state index in [1.54, 1.807) is 29.2 Å². The number of carbonyl (C=O) groups excluding carboxylic acids is 2. The maximum absolute atomic E-state index is 14.6. The van der Waals surface area contributed by atoms with Crippen LogP contribution in [0.4, 0.5) is 13.2 Å².